The van der Waals surface area contributed by atoms with Gasteiger partial charge in [-0.2, -0.15) is 0 Å². The molecular weight excluding hydrogens is 442 g/mol. The molecule has 30 heavy (non-hydrogen) atoms. The lowest BCUT2D eigenvalue weighted by molar-refractivity contribution is -0.935. The lowest BCUT2D eigenvalue weighted by Crippen LogP contribution is -3.00. The van der Waals surface area contributed by atoms with E-state index >= 15 is 0 Å². The molecule has 2 aliphatic heterocycles. The first-order valence-electron chi connectivity index (χ1n) is 10.6. The molecule has 3 aliphatic rings. The van der Waals surface area contributed by atoms with E-state index in [9.17, 15) is 5.11 Å². The van der Waals surface area contributed by atoms with Crippen LogP contribution in [0, 0.1) is 6.92 Å². The number of hydrogen-bond acceptors (Lipinski definition) is 3. The fourth-order valence-electron chi connectivity index (χ4n) is 5.65. The number of nitrogens with zero attached hydrogens (tertiary/aromatic N) is 1. The van der Waals surface area contributed by atoms with Crippen LogP contribution in [-0.4, -0.2) is 42.5 Å². The van der Waals surface area contributed by atoms with E-state index in [0.717, 1.165) is 42.0 Å². The van der Waals surface area contributed by atoms with E-state index in [4.69, 9.17) is 9.47 Å². The van der Waals surface area contributed by atoms with Gasteiger partial charge in [0.15, 0.2) is 11.5 Å². The molecule has 160 valence electrons. The summed E-state index contributed by atoms with van der Waals surface area (Å²) in [6.07, 6.45) is 5.38. The first-order chi connectivity index (χ1) is 13.9. The molecule has 4 nitrogen and oxygen atoms in total. The van der Waals surface area contributed by atoms with E-state index in [1.165, 1.54) is 22.3 Å². The molecule has 2 aromatic carbocycles. The predicted octanol–water partition coefficient (Wildman–Crippen LogP) is 0.878. The smallest absolute Gasteiger partial charge is 0.166 e. The molecule has 1 aliphatic carbocycles. The summed E-state index contributed by atoms with van der Waals surface area (Å²) in [7, 11) is 4.09. The summed E-state index contributed by atoms with van der Waals surface area (Å²) in [6.45, 7) is 5.24. The molecule has 0 aromatic heterocycles. The zero-order valence-corrected chi connectivity index (χ0v) is 19.5. The number of halogens is 1. The second-order valence-electron chi connectivity index (χ2n) is 9.28. The maximum atomic E-state index is 10.3. The van der Waals surface area contributed by atoms with Crippen molar-refractivity contribution in [3.05, 3.63) is 70.8 Å². The van der Waals surface area contributed by atoms with Gasteiger partial charge in [0.25, 0.3) is 0 Å². The molecule has 3 unspecified atom stereocenters. The van der Waals surface area contributed by atoms with Crippen LogP contribution in [0.5, 0.6) is 11.5 Å². The van der Waals surface area contributed by atoms with Crippen molar-refractivity contribution in [2.45, 2.75) is 50.5 Å². The molecule has 2 heterocycles. The third-order valence-electron chi connectivity index (χ3n) is 7.18. The van der Waals surface area contributed by atoms with E-state index in [-0.39, 0.29) is 28.5 Å². The topological polar surface area (TPSA) is 38.7 Å². The lowest BCUT2D eigenvalue weighted by Gasteiger charge is -2.37. The van der Waals surface area contributed by atoms with Gasteiger partial charge in [-0.05, 0) is 18.6 Å². The summed E-state index contributed by atoms with van der Waals surface area (Å²) in [5.41, 5.74) is 5.16. The van der Waals surface area contributed by atoms with Crippen molar-refractivity contribution in [2.24, 2.45) is 0 Å². The summed E-state index contributed by atoms with van der Waals surface area (Å²) < 4.78 is 13.2. The Morgan fingerprint density at radius 3 is 2.77 bits per heavy atom. The van der Waals surface area contributed by atoms with Crippen molar-refractivity contribution in [2.75, 3.05) is 20.7 Å². The number of aryl methyl sites for hydroxylation is 1. The fraction of sp³-hybridized carbons (Fsp3) is 0.440. The standard InChI is InChI=1S/C25H30NO3.BrH/c1-17-13-21(28-3)24-23-20(17)16-26(2,15-18-7-5-4-6-8-18)12-11-25(23)10-9-19(27)14-22(25)29-24;/h4-10,13,19,22,27H,11-12,14-16H2,1-3H3;1H/q+1;/p-1/t19-,22?,25?,26?;/m1./s1. The minimum atomic E-state index is -0.441. The van der Waals surface area contributed by atoms with Gasteiger partial charge in [-0.25, -0.2) is 0 Å². The van der Waals surface area contributed by atoms with Crippen LogP contribution in [0.1, 0.15) is 35.1 Å². The third kappa shape index (κ3) is 3.28. The highest BCUT2D eigenvalue weighted by Crippen LogP contribution is 2.57. The minimum absolute atomic E-state index is 0. The zero-order valence-electron chi connectivity index (χ0n) is 17.9. The van der Waals surface area contributed by atoms with E-state index < -0.39 is 6.10 Å². The Kier molecular flexibility index (Phi) is 5.50. The van der Waals surface area contributed by atoms with Gasteiger partial charge >= 0.3 is 0 Å². The van der Waals surface area contributed by atoms with E-state index in [2.05, 4.69) is 56.4 Å². The highest BCUT2D eigenvalue weighted by Gasteiger charge is 2.55. The van der Waals surface area contributed by atoms with Crippen molar-refractivity contribution >= 4 is 0 Å². The van der Waals surface area contributed by atoms with Crippen LogP contribution in [-0.2, 0) is 18.5 Å². The van der Waals surface area contributed by atoms with Crippen molar-refractivity contribution in [3.63, 3.8) is 0 Å². The number of methoxy groups -OCH3 is 1. The van der Waals surface area contributed by atoms with Crippen LogP contribution in [0.25, 0.3) is 0 Å². The van der Waals surface area contributed by atoms with Crippen LogP contribution in [0.3, 0.4) is 0 Å². The number of aliphatic hydroxyl groups excluding tert-OH is 1. The van der Waals surface area contributed by atoms with Crippen molar-refractivity contribution < 1.29 is 36.0 Å². The van der Waals surface area contributed by atoms with Gasteiger partial charge in [0.05, 0.1) is 32.2 Å². The molecule has 2 aromatic rings. The Balaban J connectivity index is 0.00000218. The number of hydrogen-bond donors (Lipinski definition) is 1. The molecule has 0 saturated heterocycles. The predicted molar refractivity (Wildman–Crippen MR) is 113 cm³/mol. The average Bonchev–Trinajstić information content (AvgIpc) is 2.97. The molecule has 0 amide bonds. The molecule has 0 saturated carbocycles. The Labute approximate surface area is 189 Å². The minimum Gasteiger partial charge on any atom is -1.00 e. The number of rotatable bonds is 3. The summed E-state index contributed by atoms with van der Waals surface area (Å²) in [5.74, 6) is 1.71. The molecule has 5 heteroatoms. The normalized spacial score (nSPS) is 31.1. The quantitative estimate of drug-likeness (QED) is 0.533. The van der Waals surface area contributed by atoms with Gasteiger partial charge in [-0.15, -0.1) is 0 Å². The first kappa shape index (κ1) is 21.4. The Hall–Kier alpha value is -1.82. The van der Waals surface area contributed by atoms with Gasteiger partial charge in [0.2, 0.25) is 0 Å². The van der Waals surface area contributed by atoms with Crippen LogP contribution in [0.4, 0.5) is 0 Å². The SMILES string of the molecule is COc1cc(C)c2c3c1OC1C[C@H](O)C=CC31CC[N+](C)(Cc1ccccc1)C2.[Br-]. The second kappa shape index (κ2) is 7.70. The third-order valence-corrected chi connectivity index (χ3v) is 7.18. The summed E-state index contributed by atoms with van der Waals surface area (Å²) >= 11 is 0. The maximum absolute atomic E-state index is 10.3. The molecule has 5 rings (SSSR count). The fourth-order valence-corrected chi connectivity index (χ4v) is 5.65. The van der Waals surface area contributed by atoms with Crippen molar-refractivity contribution in [1.29, 1.82) is 0 Å². The van der Waals surface area contributed by atoms with Gasteiger partial charge in [-0.3, -0.25) is 0 Å². The molecule has 0 radical (unpaired) electrons. The van der Waals surface area contributed by atoms with Crippen molar-refractivity contribution in [1.82, 2.24) is 0 Å². The van der Waals surface area contributed by atoms with Gasteiger partial charge in [0.1, 0.15) is 19.2 Å². The summed E-state index contributed by atoms with van der Waals surface area (Å²) in [4.78, 5) is 0. The highest BCUT2D eigenvalue weighted by molar-refractivity contribution is 5.63. The summed E-state index contributed by atoms with van der Waals surface area (Å²) in [6, 6.07) is 12.9. The molecule has 1 spiro atoms. The molecule has 0 bridgehead atoms. The molecule has 4 atom stereocenters. The number of quaternary nitrogens is 1. The molecule has 1 N–H and O–H groups in total. The van der Waals surface area contributed by atoms with E-state index in [1.54, 1.807) is 7.11 Å². The monoisotopic (exact) mass is 471 g/mol. The van der Waals surface area contributed by atoms with Gasteiger partial charge in [-0.1, -0.05) is 42.5 Å². The second-order valence-corrected chi connectivity index (χ2v) is 9.28. The number of benzene rings is 2. The van der Waals surface area contributed by atoms with Crippen molar-refractivity contribution in [3.8, 4) is 11.5 Å². The molecule has 0 fully saturated rings. The highest BCUT2D eigenvalue weighted by atomic mass is 79.9. The molecular formula is C25H30BrNO3. The largest absolute Gasteiger partial charge is 1.00 e. The zero-order chi connectivity index (χ0) is 20.2. The first-order valence-corrected chi connectivity index (χ1v) is 10.6. The number of ether oxygens (including phenoxy) is 2. The van der Waals surface area contributed by atoms with E-state index in [0.29, 0.717) is 6.42 Å². The van der Waals surface area contributed by atoms with Gasteiger partial charge < -0.3 is 36.0 Å². The number of aliphatic hydroxyl groups is 1. The lowest BCUT2D eigenvalue weighted by atomic mass is 9.68. The Morgan fingerprint density at radius 1 is 1.27 bits per heavy atom. The Bertz CT molecular complexity index is 976. The van der Waals surface area contributed by atoms with E-state index in [1.807, 2.05) is 6.08 Å². The van der Waals surface area contributed by atoms with Crippen LogP contribution < -0.4 is 26.5 Å². The van der Waals surface area contributed by atoms with Crippen LogP contribution >= 0.6 is 0 Å². The van der Waals surface area contributed by atoms with Crippen LogP contribution in [0.15, 0.2) is 48.6 Å². The maximum Gasteiger partial charge on any atom is 0.166 e. The van der Waals surface area contributed by atoms with Gasteiger partial charge in [0, 0.05) is 29.5 Å². The average molecular weight is 472 g/mol. The van der Waals surface area contributed by atoms with Crippen LogP contribution in [0.2, 0.25) is 0 Å². The summed E-state index contributed by atoms with van der Waals surface area (Å²) in [5, 5.41) is 10.3. The Morgan fingerprint density at radius 2 is 2.03 bits per heavy atom.